The fourth-order valence-electron chi connectivity index (χ4n) is 4.71. The monoisotopic (exact) mass is 471 g/mol. The van der Waals surface area contributed by atoms with Crippen LogP contribution < -0.4 is 0 Å². The zero-order chi connectivity index (χ0) is 24.6. The van der Waals surface area contributed by atoms with E-state index in [1.807, 2.05) is 25.1 Å². The van der Waals surface area contributed by atoms with Gasteiger partial charge in [-0.2, -0.15) is 10.5 Å². The van der Waals surface area contributed by atoms with Crippen LogP contribution in [0.15, 0.2) is 42.5 Å². The first-order valence-corrected chi connectivity index (χ1v) is 11.6. The fourth-order valence-corrected chi connectivity index (χ4v) is 4.71. The van der Waals surface area contributed by atoms with Gasteiger partial charge in [-0.15, -0.1) is 0 Å². The van der Waals surface area contributed by atoms with E-state index in [1.54, 1.807) is 29.2 Å². The number of nitriles is 2. The molecule has 0 unspecified atom stereocenters. The van der Waals surface area contributed by atoms with Gasteiger partial charge in [0.15, 0.2) is 5.69 Å². The summed E-state index contributed by atoms with van der Waals surface area (Å²) in [4.78, 5) is 22.6. The first-order chi connectivity index (χ1) is 16.9. The van der Waals surface area contributed by atoms with Crippen LogP contribution in [0.3, 0.4) is 0 Å². The van der Waals surface area contributed by atoms with Gasteiger partial charge in [-0.3, -0.25) is 4.79 Å². The van der Waals surface area contributed by atoms with Gasteiger partial charge < -0.3 is 19.7 Å². The van der Waals surface area contributed by atoms with E-state index in [1.165, 1.54) is 0 Å². The molecule has 2 N–H and O–H groups in total. The van der Waals surface area contributed by atoms with Crippen molar-refractivity contribution in [3.63, 3.8) is 0 Å². The summed E-state index contributed by atoms with van der Waals surface area (Å²) in [5.74, 6) is 0.533. The Morgan fingerprint density at radius 1 is 1.17 bits per heavy atom. The first-order valence-electron chi connectivity index (χ1n) is 11.6. The highest BCUT2D eigenvalue weighted by atomic mass is 16.5. The molecule has 2 aliphatic heterocycles. The van der Waals surface area contributed by atoms with E-state index >= 15 is 0 Å². The Labute approximate surface area is 206 Å². The van der Waals surface area contributed by atoms with Gasteiger partial charge in [-0.1, -0.05) is 18.2 Å². The van der Waals surface area contributed by atoms with E-state index in [4.69, 9.17) is 10.00 Å². The molecule has 3 heterocycles. The average molecular weight is 472 g/mol. The van der Waals surface area contributed by atoms with E-state index in [2.05, 4.69) is 22.1 Å². The Morgan fingerprint density at radius 3 is 2.54 bits per heavy atom. The van der Waals surface area contributed by atoms with Gasteiger partial charge >= 0.3 is 0 Å². The number of amides is 1. The molecule has 0 spiro atoms. The summed E-state index contributed by atoms with van der Waals surface area (Å²) >= 11 is 0. The summed E-state index contributed by atoms with van der Waals surface area (Å²) in [6, 6.07) is 17.2. The number of H-pyrrole nitrogens is 1. The lowest BCUT2D eigenvalue weighted by atomic mass is 9.90. The molecule has 0 saturated carbocycles. The molecule has 0 atom stereocenters. The molecule has 0 radical (unpaired) electrons. The van der Waals surface area contributed by atoms with Crippen LogP contribution in [0.2, 0.25) is 0 Å². The van der Waals surface area contributed by atoms with E-state index in [-0.39, 0.29) is 20.4 Å². The van der Waals surface area contributed by atoms with Crippen LogP contribution >= 0.6 is 0 Å². The number of aryl methyl sites for hydroxylation is 1. The zero-order valence-corrected chi connectivity index (χ0v) is 19.4. The van der Waals surface area contributed by atoms with Crippen molar-refractivity contribution in [2.75, 3.05) is 26.3 Å². The number of likely N-dealkylation sites (tertiary alicyclic amines) is 1. The van der Waals surface area contributed by atoms with Crippen LogP contribution in [0.5, 0.6) is 0 Å². The molecule has 180 valence electrons. The van der Waals surface area contributed by atoms with Crippen LogP contribution in [-0.2, 0) is 10.3 Å². The lowest BCUT2D eigenvalue weighted by Crippen LogP contribution is -2.48. The van der Waals surface area contributed by atoms with Crippen LogP contribution in [-0.4, -0.2) is 52.2 Å². The largest absolute Gasteiger partial charge is 0.382 e. The van der Waals surface area contributed by atoms with Crippen molar-refractivity contribution in [1.29, 1.82) is 10.5 Å². The summed E-state index contributed by atoms with van der Waals surface area (Å²) in [6.07, 6.45) is 0.801. The molecule has 2 fully saturated rings. The molecular formula is C27H29N5O3. The van der Waals surface area contributed by atoms with Crippen LogP contribution in [0.4, 0.5) is 0 Å². The van der Waals surface area contributed by atoms with Crippen LogP contribution in [0, 0.1) is 29.6 Å². The number of hydrogen-bond acceptors (Lipinski definition) is 6. The lowest BCUT2D eigenvalue weighted by molar-refractivity contribution is -0.0728. The Kier molecular flexibility index (Phi) is 5.86. The third-order valence-corrected chi connectivity index (χ3v) is 7.00. The summed E-state index contributed by atoms with van der Waals surface area (Å²) in [5, 5.41) is 29.7. The number of carbonyl (C=O) groups is 1. The Morgan fingerprint density at radius 2 is 1.89 bits per heavy atom. The minimum absolute atomic E-state index is 0. The minimum atomic E-state index is -1.17. The molecular weight excluding hydrogens is 442 g/mol. The molecule has 1 aromatic heterocycles. The SMILES string of the molecule is Cc1ccc(C(=O)N2CC(c3ccc(C#N)cc3)C2)cc1-c1[nH]c(C2(O)CCOCC2)nc1C#N.[HH].[HH]. The van der Waals surface area contributed by atoms with Gasteiger partial charge in [-0.25, -0.2) is 4.98 Å². The first kappa shape index (κ1) is 22.8. The number of ether oxygens (including phenoxy) is 1. The van der Waals surface area contributed by atoms with E-state index in [0.717, 1.165) is 11.1 Å². The number of aromatic nitrogens is 2. The second-order valence-corrected chi connectivity index (χ2v) is 9.24. The minimum Gasteiger partial charge on any atom is -0.382 e. The van der Waals surface area contributed by atoms with Crippen LogP contribution in [0.1, 0.15) is 60.2 Å². The molecule has 5 rings (SSSR count). The predicted molar refractivity (Wildman–Crippen MR) is 131 cm³/mol. The Bertz CT molecular complexity index is 1360. The van der Waals surface area contributed by atoms with Gasteiger partial charge in [0.25, 0.3) is 5.91 Å². The molecule has 8 heteroatoms. The maximum atomic E-state index is 13.2. The van der Waals surface area contributed by atoms with Crippen LogP contribution in [0.25, 0.3) is 11.3 Å². The highest BCUT2D eigenvalue weighted by Crippen LogP contribution is 2.35. The molecule has 35 heavy (non-hydrogen) atoms. The summed E-state index contributed by atoms with van der Waals surface area (Å²) < 4.78 is 5.36. The Balaban J connectivity index is 0.00000190. The van der Waals surface area contributed by atoms with Crippen molar-refractivity contribution in [1.82, 2.24) is 14.9 Å². The molecule has 1 amide bonds. The van der Waals surface area contributed by atoms with Crippen molar-refractivity contribution in [2.24, 2.45) is 0 Å². The van der Waals surface area contributed by atoms with Crippen molar-refractivity contribution >= 4 is 5.91 Å². The maximum Gasteiger partial charge on any atom is 0.253 e. The van der Waals surface area contributed by atoms with Gasteiger partial charge in [0.1, 0.15) is 17.5 Å². The number of rotatable bonds is 4. The standard InChI is InChI=1S/C27H25N5O3.2H2/c1-17-2-5-20(25(33)32-15-21(16-32)19-6-3-18(13-28)4-7-19)12-22(17)24-23(14-29)30-26(31-24)27(34)8-10-35-11-9-27;;/h2-7,12,21,34H,8-11,15-16H2,1H3,(H,30,31);2*1H. The number of carbonyl (C=O) groups excluding carboxylic acids is 1. The molecule has 2 saturated heterocycles. The third kappa shape index (κ3) is 4.19. The topological polar surface area (TPSA) is 126 Å². The quantitative estimate of drug-likeness (QED) is 0.595. The van der Waals surface area contributed by atoms with E-state index < -0.39 is 5.60 Å². The number of aliphatic hydroxyl groups is 1. The molecule has 2 aliphatic rings. The van der Waals surface area contributed by atoms with Gasteiger partial charge in [0.2, 0.25) is 0 Å². The van der Waals surface area contributed by atoms with Gasteiger partial charge in [0.05, 0.1) is 17.3 Å². The maximum absolute atomic E-state index is 13.2. The van der Waals surface area contributed by atoms with Crippen molar-refractivity contribution in [3.8, 4) is 23.4 Å². The van der Waals surface area contributed by atoms with Gasteiger partial charge in [-0.05, 0) is 42.3 Å². The van der Waals surface area contributed by atoms with Crippen molar-refractivity contribution < 1.29 is 17.5 Å². The zero-order valence-electron chi connectivity index (χ0n) is 19.4. The predicted octanol–water partition coefficient (Wildman–Crippen LogP) is 3.86. The van der Waals surface area contributed by atoms with Crippen molar-refractivity contribution in [2.45, 2.75) is 31.3 Å². The summed E-state index contributed by atoms with van der Waals surface area (Å²) in [5.41, 5.74) is 3.42. The highest BCUT2D eigenvalue weighted by Gasteiger charge is 2.36. The highest BCUT2D eigenvalue weighted by molar-refractivity contribution is 5.96. The molecule has 8 nitrogen and oxygen atoms in total. The summed E-state index contributed by atoms with van der Waals surface area (Å²) in [7, 11) is 0. The van der Waals surface area contributed by atoms with Crippen molar-refractivity contribution in [3.05, 3.63) is 76.2 Å². The molecule has 3 aromatic rings. The molecule has 0 aliphatic carbocycles. The smallest absolute Gasteiger partial charge is 0.253 e. The van der Waals surface area contributed by atoms with Gasteiger partial charge in [0, 0.05) is 59.0 Å². The second-order valence-electron chi connectivity index (χ2n) is 9.24. The number of nitrogens with zero attached hydrogens (tertiary/aromatic N) is 4. The number of imidazole rings is 1. The number of benzene rings is 2. The number of nitrogens with one attached hydrogen (secondary N) is 1. The average Bonchev–Trinajstić information content (AvgIpc) is 3.29. The Hall–Kier alpha value is -3.98. The third-order valence-electron chi connectivity index (χ3n) is 7.00. The van der Waals surface area contributed by atoms with E-state index in [0.29, 0.717) is 67.4 Å². The fraction of sp³-hybridized carbons (Fsp3) is 0.333. The van der Waals surface area contributed by atoms with E-state index in [9.17, 15) is 15.2 Å². The molecule has 0 bridgehead atoms. The normalized spacial score (nSPS) is 17.3. The lowest BCUT2D eigenvalue weighted by Gasteiger charge is -2.39. The second kappa shape index (κ2) is 8.99. The summed E-state index contributed by atoms with van der Waals surface area (Å²) in [6.45, 7) is 3.99. The number of aromatic amines is 1. The number of hydrogen-bond donors (Lipinski definition) is 2. The molecule has 2 aromatic carbocycles.